The largest absolute Gasteiger partial charge is 0.387 e. The summed E-state index contributed by atoms with van der Waals surface area (Å²) in [6, 6.07) is 3.87. The summed E-state index contributed by atoms with van der Waals surface area (Å²) in [5.41, 5.74) is 0.373. The second-order valence-electron chi connectivity index (χ2n) is 5.03. The minimum Gasteiger partial charge on any atom is -0.387 e. The van der Waals surface area contributed by atoms with Gasteiger partial charge in [-0.15, -0.1) is 0 Å². The summed E-state index contributed by atoms with van der Waals surface area (Å²) in [4.78, 5) is 11.7. The van der Waals surface area contributed by atoms with Gasteiger partial charge in [-0.1, -0.05) is 29.8 Å². The third-order valence-electron chi connectivity index (χ3n) is 3.39. The van der Waals surface area contributed by atoms with Crippen molar-refractivity contribution in [1.82, 2.24) is 10.6 Å². The highest BCUT2D eigenvalue weighted by atomic mass is 35.5. The maximum Gasteiger partial charge on any atom is 0.315 e. The van der Waals surface area contributed by atoms with Crippen molar-refractivity contribution in [3.8, 4) is 0 Å². The molecule has 1 aliphatic carbocycles. The van der Waals surface area contributed by atoms with Crippen LogP contribution in [0.1, 0.15) is 30.9 Å². The molecule has 1 aromatic carbocycles. The molecule has 21 heavy (non-hydrogen) atoms. The van der Waals surface area contributed by atoms with Gasteiger partial charge in [0.25, 0.3) is 0 Å². The van der Waals surface area contributed by atoms with Gasteiger partial charge in [0.05, 0.1) is 11.1 Å². The van der Waals surface area contributed by atoms with E-state index in [1.807, 2.05) is 6.08 Å². The molecule has 2 rings (SSSR count). The van der Waals surface area contributed by atoms with Gasteiger partial charge < -0.3 is 15.7 Å². The van der Waals surface area contributed by atoms with Gasteiger partial charge in [0, 0.05) is 12.6 Å². The van der Waals surface area contributed by atoms with E-state index in [2.05, 4.69) is 16.7 Å². The highest BCUT2D eigenvalue weighted by Gasteiger charge is 2.15. The van der Waals surface area contributed by atoms with Crippen LogP contribution in [-0.2, 0) is 0 Å². The SMILES string of the molecule is O=C(NC[C@H](O)c1ccc(Cl)c(F)c1)N[C@@H]1CC=CCC1. The van der Waals surface area contributed by atoms with Crippen molar-refractivity contribution in [3.63, 3.8) is 0 Å². The number of carbonyl (C=O) groups excluding carboxylic acids is 1. The first kappa shape index (κ1) is 15.8. The van der Waals surface area contributed by atoms with Crippen molar-refractivity contribution in [2.75, 3.05) is 6.54 Å². The molecule has 0 fully saturated rings. The molecule has 0 radical (unpaired) electrons. The highest BCUT2D eigenvalue weighted by Crippen LogP contribution is 2.19. The Morgan fingerprint density at radius 1 is 1.48 bits per heavy atom. The third kappa shape index (κ3) is 4.72. The molecule has 0 spiro atoms. The van der Waals surface area contributed by atoms with Gasteiger partial charge in [0.2, 0.25) is 0 Å². The number of allylic oxidation sites excluding steroid dienone is 1. The fourth-order valence-corrected chi connectivity index (χ4v) is 2.31. The van der Waals surface area contributed by atoms with Gasteiger partial charge in [-0.25, -0.2) is 9.18 Å². The summed E-state index contributed by atoms with van der Waals surface area (Å²) in [7, 11) is 0. The Balaban J connectivity index is 1.79. The van der Waals surface area contributed by atoms with Crippen LogP contribution < -0.4 is 10.6 Å². The molecule has 1 aromatic rings. The van der Waals surface area contributed by atoms with Crippen LogP contribution in [0, 0.1) is 5.82 Å². The first-order chi connectivity index (χ1) is 10.1. The molecule has 4 nitrogen and oxygen atoms in total. The average molecular weight is 313 g/mol. The molecular formula is C15H18ClFN2O2. The molecular weight excluding hydrogens is 295 g/mol. The normalized spacial score (nSPS) is 19.1. The fourth-order valence-electron chi connectivity index (χ4n) is 2.19. The van der Waals surface area contributed by atoms with Gasteiger partial charge >= 0.3 is 6.03 Å². The third-order valence-corrected chi connectivity index (χ3v) is 3.70. The van der Waals surface area contributed by atoms with Crippen LogP contribution >= 0.6 is 11.6 Å². The quantitative estimate of drug-likeness (QED) is 0.749. The van der Waals surface area contributed by atoms with Crippen LogP contribution in [0.3, 0.4) is 0 Å². The first-order valence-corrected chi connectivity index (χ1v) is 7.26. The van der Waals surface area contributed by atoms with Crippen LogP contribution in [-0.4, -0.2) is 23.7 Å². The summed E-state index contributed by atoms with van der Waals surface area (Å²) in [5, 5.41) is 15.4. The lowest BCUT2D eigenvalue weighted by molar-refractivity contribution is 0.172. The van der Waals surface area contributed by atoms with E-state index in [1.165, 1.54) is 18.2 Å². The molecule has 3 N–H and O–H groups in total. The van der Waals surface area contributed by atoms with E-state index >= 15 is 0 Å². The molecule has 1 aliphatic rings. The Morgan fingerprint density at radius 3 is 2.95 bits per heavy atom. The Bertz CT molecular complexity index is 536. The van der Waals surface area contributed by atoms with Crippen molar-refractivity contribution < 1.29 is 14.3 Å². The molecule has 0 unspecified atom stereocenters. The summed E-state index contributed by atoms with van der Waals surface area (Å²) >= 11 is 5.58. The monoisotopic (exact) mass is 312 g/mol. The maximum absolute atomic E-state index is 13.3. The molecule has 2 atom stereocenters. The lowest BCUT2D eigenvalue weighted by Gasteiger charge is -2.20. The van der Waals surface area contributed by atoms with E-state index in [0.29, 0.717) is 5.56 Å². The molecule has 0 bridgehead atoms. The van der Waals surface area contributed by atoms with Gasteiger partial charge in [-0.3, -0.25) is 0 Å². The Morgan fingerprint density at radius 2 is 2.29 bits per heavy atom. The van der Waals surface area contributed by atoms with E-state index < -0.39 is 11.9 Å². The molecule has 0 aliphatic heterocycles. The van der Waals surface area contributed by atoms with Crippen LogP contribution in [0.5, 0.6) is 0 Å². The molecule has 0 saturated heterocycles. The topological polar surface area (TPSA) is 61.4 Å². The molecule has 0 heterocycles. The Kier molecular flexibility index (Phi) is 5.59. The van der Waals surface area contributed by atoms with Crippen LogP contribution in [0.15, 0.2) is 30.4 Å². The number of rotatable bonds is 4. The summed E-state index contributed by atoms with van der Waals surface area (Å²) in [6.07, 6.45) is 5.84. The van der Waals surface area contributed by atoms with E-state index in [4.69, 9.17) is 11.6 Å². The molecule has 2 amide bonds. The van der Waals surface area contributed by atoms with Gasteiger partial charge in [-0.2, -0.15) is 0 Å². The number of nitrogens with one attached hydrogen (secondary N) is 2. The van der Waals surface area contributed by atoms with Crippen molar-refractivity contribution in [1.29, 1.82) is 0 Å². The van der Waals surface area contributed by atoms with Crippen molar-refractivity contribution in [2.45, 2.75) is 31.4 Å². The van der Waals surface area contributed by atoms with Gasteiger partial charge in [0.15, 0.2) is 0 Å². The number of benzene rings is 1. The lowest BCUT2D eigenvalue weighted by Crippen LogP contribution is -2.43. The van der Waals surface area contributed by atoms with E-state index in [9.17, 15) is 14.3 Å². The van der Waals surface area contributed by atoms with Crippen molar-refractivity contribution in [3.05, 3.63) is 46.8 Å². The van der Waals surface area contributed by atoms with Crippen LogP contribution in [0.4, 0.5) is 9.18 Å². The Hall–Kier alpha value is -1.59. The number of carbonyl (C=O) groups is 1. The second-order valence-corrected chi connectivity index (χ2v) is 5.43. The zero-order valence-corrected chi connectivity index (χ0v) is 12.2. The highest BCUT2D eigenvalue weighted by molar-refractivity contribution is 6.30. The predicted octanol–water partition coefficient (Wildman–Crippen LogP) is 2.92. The zero-order valence-electron chi connectivity index (χ0n) is 11.5. The molecule has 0 saturated carbocycles. The zero-order chi connectivity index (χ0) is 15.2. The number of urea groups is 1. The molecule has 114 valence electrons. The average Bonchev–Trinajstić information content (AvgIpc) is 2.48. The number of aliphatic hydroxyl groups is 1. The number of hydrogen-bond donors (Lipinski definition) is 3. The molecule has 6 heteroatoms. The Labute approximate surface area is 128 Å². The van der Waals surface area contributed by atoms with Crippen molar-refractivity contribution >= 4 is 17.6 Å². The smallest absolute Gasteiger partial charge is 0.315 e. The molecule has 0 aromatic heterocycles. The first-order valence-electron chi connectivity index (χ1n) is 6.88. The van der Waals surface area contributed by atoms with E-state index in [1.54, 1.807) is 0 Å². The van der Waals surface area contributed by atoms with Gasteiger partial charge in [-0.05, 0) is 37.0 Å². The number of halogens is 2. The summed E-state index contributed by atoms with van der Waals surface area (Å²) in [5.74, 6) is -0.591. The fraction of sp³-hybridized carbons (Fsp3) is 0.400. The van der Waals surface area contributed by atoms with Gasteiger partial charge in [0.1, 0.15) is 5.82 Å². The summed E-state index contributed by atoms with van der Waals surface area (Å²) < 4.78 is 13.3. The minimum atomic E-state index is -0.978. The van der Waals surface area contributed by atoms with E-state index in [0.717, 1.165) is 19.3 Å². The number of amides is 2. The van der Waals surface area contributed by atoms with Crippen LogP contribution in [0.2, 0.25) is 5.02 Å². The maximum atomic E-state index is 13.3. The van der Waals surface area contributed by atoms with Crippen LogP contribution in [0.25, 0.3) is 0 Å². The lowest BCUT2D eigenvalue weighted by atomic mass is 10.0. The predicted molar refractivity (Wildman–Crippen MR) is 79.7 cm³/mol. The number of aliphatic hydroxyl groups excluding tert-OH is 1. The standard InChI is InChI=1S/C15H18ClFN2O2/c16-12-7-6-10(8-13(12)17)14(20)9-18-15(21)19-11-4-2-1-3-5-11/h1-2,6-8,11,14,20H,3-5,9H2,(H2,18,19,21)/t11-,14+/m1/s1. The minimum absolute atomic E-state index is 0.00186. The second kappa shape index (κ2) is 7.43. The van der Waals surface area contributed by atoms with E-state index in [-0.39, 0.29) is 23.6 Å². The summed E-state index contributed by atoms with van der Waals surface area (Å²) in [6.45, 7) is 0.00939. The number of hydrogen-bond acceptors (Lipinski definition) is 2. The van der Waals surface area contributed by atoms with Crippen molar-refractivity contribution in [2.24, 2.45) is 0 Å².